The van der Waals surface area contributed by atoms with Gasteiger partial charge in [-0.3, -0.25) is 9.69 Å². The van der Waals surface area contributed by atoms with Gasteiger partial charge >= 0.3 is 0 Å². The molecule has 0 spiro atoms. The van der Waals surface area contributed by atoms with Crippen LogP contribution in [0.15, 0.2) is 68.4 Å². The molecule has 4 rings (SSSR count). The van der Waals surface area contributed by atoms with Crippen molar-refractivity contribution in [1.82, 2.24) is 0 Å². The maximum absolute atomic E-state index is 13.2. The fourth-order valence-electron chi connectivity index (χ4n) is 3.12. The number of benzene rings is 3. The fraction of sp³-hybridized carbons (Fsp3) is 0.0476. The summed E-state index contributed by atoms with van der Waals surface area (Å²) in [6.45, 7) is 0. The third kappa shape index (κ3) is 3.52. The molecular formula is C21H13Br2NO2S2. The Kier molecular flexibility index (Phi) is 5.60. The number of nitrogens with zero attached hydrogens (tertiary/aromatic N) is 1. The van der Waals surface area contributed by atoms with Crippen LogP contribution in [-0.2, 0) is 4.79 Å². The Bertz CT molecular complexity index is 1160. The van der Waals surface area contributed by atoms with Crippen molar-refractivity contribution in [3.63, 3.8) is 0 Å². The molecule has 0 N–H and O–H groups in total. The summed E-state index contributed by atoms with van der Waals surface area (Å²) in [6.07, 6.45) is 1.82. The molecule has 1 amide bonds. The van der Waals surface area contributed by atoms with E-state index in [2.05, 4.69) is 31.9 Å². The first-order chi connectivity index (χ1) is 13.5. The lowest BCUT2D eigenvalue weighted by molar-refractivity contribution is -0.113. The zero-order valence-corrected chi connectivity index (χ0v) is 19.4. The maximum atomic E-state index is 13.2. The predicted octanol–water partition coefficient (Wildman–Crippen LogP) is 6.78. The standard InChI is InChI=1S/C21H13Br2NO2S2/c1-26-19-13(9-14(22)11-16(19)23)10-18-20(25)24(21(27)28-18)17-8-4-6-12-5-2-3-7-15(12)17/h2-11H,1H3/b18-10+. The molecule has 1 aliphatic rings. The Morgan fingerprint density at radius 2 is 1.86 bits per heavy atom. The molecule has 0 radical (unpaired) electrons. The molecule has 1 aliphatic heterocycles. The number of hydrogen-bond donors (Lipinski definition) is 0. The van der Waals surface area contributed by atoms with Crippen molar-refractivity contribution in [2.45, 2.75) is 0 Å². The highest BCUT2D eigenvalue weighted by Gasteiger charge is 2.34. The third-order valence-corrected chi connectivity index (χ3v) is 6.68. The van der Waals surface area contributed by atoms with Crippen LogP contribution in [0.25, 0.3) is 16.8 Å². The highest BCUT2D eigenvalue weighted by Crippen LogP contribution is 2.41. The number of amides is 1. The van der Waals surface area contributed by atoms with E-state index in [4.69, 9.17) is 17.0 Å². The second kappa shape index (κ2) is 7.99. The van der Waals surface area contributed by atoms with Crippen LogP contribution in [0.3, 0.4) is 0 Å². The van der Waals surface area contributed by atoms with E-state index in [1.807, 2.05) is 60.7 Å². The van der Waals surface area contributed by atoms with E-state index in [0.29, 0.717) is 15.0 Å². The van der Waals surface area contributed by atoms with Gasteiger partial charge in [0.2, 0.25) is 0 Å². The van der Waals surface area contributed by atoms with Crippen LogP contribution < -0.4 is 9.64 Å². The number of thioether (sulfide) groups is 1. The summed E-state index contributed by atoms with van der Waals surface area (Å²) in [5, 5.41) is 2.06. The normalized spacial score (nSPS) is 15.7. The molecule has 140 valence electrons. The van der Waals surface area contributed by atoms with E-state index >= 15 is 0 Å². The lowest BCUT2D eigenvalue weighted by Crippen LogP contribution is -2.27. The molecule has 0 bridgehead atoms. The summed E-state index contributed by atoms with van der Waals surface area (Å²) in [5.74, 6) is 0.531. The lowest BCUT2D eigenvalue weighted by atomic mass is 10.1. The lowest BCUT2D eigenvalue weighted by Gasteiger charge is -2.17. The van der Waals surface area contributed by atoms with Crippen LogP contribution in [0.1, 0.15) is 5.56 Å². The molecule has 28 heavy (non-hydrogen) atoms. The summed E-state index contributed by atoms with van der Waals surface area (Å²) < 4.78 is 7.70. The number of fused-ring (bicyclic) bond motifs is 1. The fourth-order valence-corrected chi connectivity index (χ4v) is 5.82. The zero-order chi connectivity index (χ0) is 19.8. The smallest absolute Gasteiger partial charge is 0.270 e. The highest BCUT2D eigenvalue weighted by molar-refractivity contribution is 9.11. The van der Waals surface area contributed by atoms with E-state index in [0.717, 1.165) is 31.0 Å². The minimum absolute atomic E-state index is 0.135. The van der Waals surface area contributed by atoms with Crippen LogP contribution in [-0.4, -0.2) is 17.3 Å². The van der Waals surface area contributed by atoms with Crippen molar-refractivity contribution >= 4 is 88.6 Å². The van der Waals surface area contributed by atoms with Gasteiger partial charge in [0.15, 0.2) is 4.32 Å². The first-order valence-corrected chi connectivity index (χ1v) is 11.1. The third-order valence-electron chi connectivity index (χ3n) is 4.33. The van der Waals surface area contributed by atoms with E-state index in [1.165, 1.54) is 11.8 Å². The quantitative estimate of drug-likeness (QED) is 0.273. The SMILES string of the molecule is COc1c(Br)cc(Br)cc1/C=C1/SC(=S)N(c2cccc3ccccc23)C1=O. The van der Waals surface area contributed by atoms with Gasteiger partial charge in [0.1, 0.15) is 5.75 Å². The van der Waals surface area contributed by atoms with Gasteiger partial charge in [-0.25, -0.2) is 0 Å². The topological polar surface area (TPSA) is 29.5 Å². The van der Waals surface area contributed by atoms with Gasteiger partial charge < -0.3 is 4.74 Å². The molecule has 1 saturated heterocycles. The molecule has 3 aromatic carbocycles. The number of rotatable bonds is 3. The summed E-state index contributed by atoms with van der Waals surface area (Å²) >= 11 is 13.8. The number of methoxy groups -OCH3 is 1. The zero-order valence-electron chi connectivity index (χ0n) is 14.6. The molecule has 3 nitrogen and oxygen atoms in total. The highest BCUT2D eigenvalue weighted by atomic mass is 79.9. The summed E-state index contributed by atoms with van der Waals surface area (Å²) in [5.41, 5.74) is 1.59. The van der Waals surface area contributed by atoms with Gasteiger partial charge in [-0.05, 0) is 45.6 Å². The number of halogens is 2. The monoisotopic (exact) mass is 533 g/mol. The average Bonchev–Trinajstić information content (AvgIpc) is 2.94. The Labute approximate surface area is 189 Å². The van der Waals surface area contributed by atoms with Gasteiger partial charge in [-0.1, -0.05) is 76.3 Å². The second-order valence-corrected chi connectivity index (χ2v) is 9.47. The summed E-state index contributed by atoms with van der Waals surface area (Å²) in [6, 6.07) is 17.7. The minimum atomic E-state index is -0.135. The first kappa shape index (κ1) is 19.6. The average molecular weight is 535 g/mol. The van der Waals surface area contributed by atoms with Crippen molar-refractivity contribution < 1.29 is 9.53 Å². The van der Waals surface area contributed by atoms with Crippen LogP contribution >= 0.6 is 55.8 Å². The van der Waals surface area contributed by atoms with Gasteiger partial charge in [-0.15, -0.1) is 0 Å². The van der Waals surface area contributed by atoms with E-state index in [9.17, 15) is 4.79 Å². The van der Waals surface area contributed by atoms with E-state index in [1.54, 1.807) is 12.0 Å². The van der Waals surface area contributed by atoms with Crippen molar-refractivity contribution in [1.29, 1.82) is 0 Å². The Morgan fingerprint density at radius 1 is 1.11 bits per heavy atom. The number of thiocarbonyl (C=S) groups is 1. The van der Waals surface area contributed by atoms with Crippen LogP contribution in [0.5, 0.6) is 5.75 Å². The molecule has 1 fully saturated rings. The number of carbonyl (C=O) groups is 1. The molecule has 0 unspecified atom stereocenters. The molecule has 1 heterocycles. The molecular weight excluding hydrogens is 522 g/mol. The largest absolute Gasteiger partial charge is 0.495 e. The number of hydrogen-bond acceptors (Lipinski definition) is 4. The van der Waals surface area contributed by atoms with Gasteiger partial charge in [-0.2, -0.15) is 0 Å². The molecule has 0 saturated carbocycles. The second-order valence-electron chi connectivity index (χ2n) is 6.03. The van der Waals surface area contributed by atoms with Crippen molar-refractivity contribution in [2.24, 2.45) is 0 Å². The number of ether oxygens (including phenoxy) is 1. The molecule has 0 atom stereocenters. The number of carbonyl (C=O) groups excluding carboxylic acids is 1. The van der Waals surface area contributed by atoms with Crippen LogP contribution in [0, 0.1) is 0 Å². The van der Waals surface area contributed by atoms with Gasteiger partial charge in [0.05, 0.1) is 22.2 Å². The molecule has 3 aromatic rings. The summed E-state index contributed by atoms with van der Waals surface area (Å²) in [7, 11) is 1.60. The predicted molar refractivity (Wildman–Crippen MR) is 128 cm³/mol. The van der Waals surface area contributed by atoms with Crippen molar-refractivity contribution in [3.05, 3.63) is 74.0 Å². The van der Waals surface area contributed by atoms with Gasteiger partial charge in [0, 0.05) is 15.4 Å². The number of anilines is 1. The molecule has 0 aliphatic carbocycles. The Morgan fingerprint density at radius 3 is 2.64 bits per heavy atom. The van der Waals surface area contributed by atoms with Crippen molar-refractivity contribution in [2.75, 3.05) is 12.0 Å². The molecule has 7 heteroatoms. The maximum Gasteiger partial charge on any atom is 0.270 e. The van der Waals surface area contributed by atoms with Crippen molar-refractivity contribution in [3.8, 4) is 5.75 Å². The van der Waals surface area contributed by atoms with E-state index in [-0.39, 0.29) is 5.91 Å². The van der Waals surface area contributed by atoms with Crippen LogP contribution in [0.4, 0.5) is 5.69 Å². The van der Waals surface area contributed by atoms with Crippen LogP contribution in [0.2, 0.25) is 0 Å². The Hall–Kier alpha value is -1.67. The summed E-state index contributed by atoms with van der Waals surface area (Å²) in [4.78, 5) is 15.4. The Balaban J connectivity index is 1.79. The minimum Gasteiger partial charge on any atom is -0.495 e. The molecule has 0 aromatic heterocycles. The van der Waals surface area contributed by atoms with Gasteiger partial charge in [0.25, 0.3) is 5.91 Å². The van der Waals surface area contributed by atoms with E-state index < -0.39 is 0 Å². The first-order valence-electron chi connectivity index (χ1n) is 8.28.